The van der Waals surface area contributed by atoms with Gasteiger partial charge in [0.25, 0.3) is 0 Å². The van der Waals surface area contributed by atoms with E-state index >= 15 is 0 Å². The monoisotopic (exact) mass is 377 g/mol. The number of nitrogens with one attached hydrogen (secondary N) is 1. The van der Waals surface area contributed by atoms with E-state index in [1.54, 1.807) is 12.3 Å². The van der Waals surface area contributed by atoms with Crippen LogP contribution in [0.1, 0.15) is 30.3 Å². The number of anilines is 1. The van der Waals surface area contributed by atoms with Crippen molar-refractivity contribution in [1.82, 2.24) is 19.6 Å². The van der Waals surface area contributed by atoms with Crippen LogP contribution in [0.5, 0.6) is 0 Å². The van der Waals surface area contributed by atoms with Crippen LogP contribution >= 0.6 is 0 Å². The van der Waals surface area contributed by atoms with Crippen molar-refractivity contribution in [2.75, 3.05) is 5.32 Å². The second-order valence-corrected chi connectivity index (χ2v) is 6.40. The van der Waals surface area contributed by atoms with E-state index in [0.29, 0.717) is 5.69 Å². The van der Waals surface area contributed by atoms with E-state index in [0.717, 1.165) is 40.2 Å². The summed E-state index contributed by atoms with van der Waals surface area (Å²) in [7, 11) is 0. The van der Waals surface area contributed by atoms with Gasteiger partial charge in [-0.15, -0.1) is 0 Å². The maximum Gasteiger partial charge on any atom is 0.408 e. The fourth-order valence-corrected chi connectivity index (χ4v) is 3.02. The van der Waals surface area contributed by atoms with Crippen LogP contribution in [0, 0.1) is 6.92 Å². The third kappa shape index (κ3) is 4.50. The van der Waals surface area contributed by atoms with Crippen molar-refractivity contribution in [3.05, 3.63) is 59.7 Å². The molecule has 1 N–H and O–H groups in total. The standard InChI is InChI=1S/C19H22F3N5/c1-3-6-18-16(12-25-27(18)17-8-5-4-7-14(17)2)23-11-15-9-10-24-26(15)13-19(20,21)22/h4-5,7-10,12,23H,3,6,11,13H2,1-2H3. The molecule has 0 aliphatic carbocycles. The maximum absolute atomic E-state index is 12.7. The molecular formula is C19H22F3N5. The summed E-state index contributed by atoms with van der Waals surface area (Å²) >= 11 is 0. The molecule has 0 amide bonds. The molecule has 0 aliphatic heterocycles. The van der Waals surface area contributed by atoms with Crippen LogP contribution in [0.2, 0.25) is 0 Å². The van der Waals surface area contributed by atoms with Crippen molar-refractivity contribution in [1.29, 1.82) is 0 Å². The van der Waals surface area contributed by atoms with Gasteiger partial charge in [-0.3, -0.25) is 4.68 Å². The van der Waals surface area contributed by atoms with Gasteiger partial charge < -0.3 is 5.32 Å². The Labute approximate surface area is 155 Å². The van der Waals surface area contributed by atoms with E-state index in [1.807, 2.05) is 35.9 Å². The molecule has 0 fully saturated rings. The van der Waals surface area contributed by atoms with Crippen LogP contribution in [-0.4, -0.2) is 25.7 Å². The molecule has 0 aliphatic rings. The van der Waals surface area contributed by atoms with Gasteiger partial charge in [0.1, 0.15) is 6.54 Å². The number of halogens is 3. The summed E-state index contributed by atoms with van der Waals surface area (Å²) in [4.78, 5) is 0. The molecule has 0 spiro atoms. The molecule has 0 atom stereocenters. The highest BCUT2D eigenvalue weighted by atomic mass is 19.4. The zero-order valence-corrected chi connectivity index (χ0v) is 15.3. The summed E-state index contributed by atoms with van der Waals surface area (Å²) < 4.78 is 40.9. The number of rotatable bonds is 7. The highest BCUT2D eigenvalue weighted by Crippen LogP contribution is 2.24. The largest absolute Gasteiger partial charge is 0.408 e. The van der Waals surface area contributed by atoms with Gasteiger partial charge in [-0.1, -0.05) is 31.5 Å². The van der Waals surface area contributed by atoms with Crippen LogP contribution in [-0.2, 0) is 19.5 Å². The van der Waals surface area contributed by atoms with E-state index in [4.69, 9.17) is 0 Å². The molecule has 1 aromatic carbocycles. The van der Waals surface area contributed by atoms with Crippen LogP contribution in [0.15, 0.2) is 42.7 Å². The Hall–Kier alpha value is -2.77. The molecule has 0 saturated heterocycles. The molecule has 0 bridgehead atoms. The smallest absolute Gasteiger partial charge is 0.377 e. The van der Waals surface area contributed by atoms with Crippen LogP contribution < -0.4 is 5.32 Å². The first-order chi connectivity index (χ1) is 12.9. The summed E-state index contributed by atoms with van der Waals surface area (Å²) in [5.41, 5.74) is 4.40. The first-order valence-electron chi connectivity index (χ1n) is 8.83. The number of alkyl halides is 3. The number of aryl methyl sites for hydroxylation is 1. The minimum Gasteiger partial charge on any atom is -0.377 e. The first kappa shape index (κ1) is 19.0. The lowest BCUT2D eigenvalue weighted by atomic mass is 10.1. The van der Waals surface area contributed by atoms with E-state index in [-0.39, 0.29) is 6.54 Å². The predicted molar refractivity (Wildman–Crippen MR) is 97.9 cm³/mol. The third-order valence-corrected chi connectivity index (χ3v) is 4.29. The number of hydrogen-bond acceptors (Lipinski definition) is 3. The number of para-hydroxylation sites is 1. The number of hydrogen-bond donors (Lipinski definition) is 1. The van der Waals surface area contributed by atoms with Crippen LogP contribution in [0.3, 0.4) is 0 Å². The molecule has 27 heavy (non-hydrogen) atoms. The van der Waals surface area contributed by atoms with Gasteiger partial charge in [0.05, 0.1) is 35.5 Å². The highest BCUT2D eigenvalue weighted by Gasteiger charge is 2.29. The molecule has 0 saturated carbocycles. The van der Waals surface area contributed by atoms with Crippen LogP contribution in [0.4, 0.5) is 18.9 Å². The summed E-state index contributed by atoms with van der Waals surface area (Å²) in [6.07, 6.45) is 0.537. The third-order valence-electron chi connectivity index (χ3n) is 4.29. The second kappa shape index (κ2) is 7.85. The zero-order chi connectivity index (χ0) is 19.4. The first-order valence-corrected chi connectivity index (χ1v) is 8.83. The summed E-state index contributed by atoms with van der Waals surface area (Å²) in [5, 5.41) is 11.5. The number of nitrogens with zero attached hydrogens (tertiary/aromatic N) is 4. The Morgan fingerprint density at radius 2 is 1.89 bits per heavy atom. The molecule has 3 aromatic rings. The van der Waals surface area contributed by atoms with Gasteiger partial charge in [-0.25, -0.2) is 4.68 Å². The van der Waals surface area contributed by atoms with Gasteiger partial charge in [-0.05, 0) is 31.0 Å². The maximum atomic E-state index is 12.7. The average molecular weight is 377 g/mol. The van der Waals surface area contributed by atoms with Gasteiger partial charge in [0.15, 0.2) is 0 Å². The zero-order valence-electron chi connectivity index (χ0n) is 15.3. The predicted octanol–water partition coefficient (Wildman–Crippen LogP) is 4.50. The lowest BCUT2D eigenvalue weighted by Crippen LogP contribution is -2.21. The summed E-state index contributed by atoms with van der Waals surface area (Å²) in [6, 6.07) is 9.55. The SMILES string of the molecule is CCCc1c(NCc2ccnn2CC(F)(F)F)cnn1-c1ccccc1C. The van der Waals surface area contributed by atoms with Crippen molar-refractivity contribution in [2.24, 2.45) is 0 Å². The number of aromatic nitrogens is 4. The Kier molecular flexibility index (Phi) is 5.53. The van der Waals surface area contributed by atoms with Gasteiger partial charge >= 0.3 is 6.18 Å². The van der Waals surface area contributed by atoms with Crippen molar-refractivity contribution in [3.63, 3.8) is 0 Å². The molecule has 3 rings (SSSR count). The topological polar surface area (TPSA) is 47.7 Å². The molecule has 0 radical (unpaired) electrons. The minimum atomic E-state index is -4.30. The fraction of sp³-hybridized carbons (Fsp3) is 0.368. The normalized spacial score (nSPS) is 11.7. The second-order valence-electron chi connectivity index (χ2n) is 6.40. The minimum absolute atomic E-state index is 0.242. The van der Waals surface area contributed by atoms with Gasteiger partial charge in [0, 0.05) is 6.20 Å². The highest BCUT2D eigenvalue weighted by molar-refractivity contribution is 5.52. The Morgan fingerprint density at radius 3 is 2.59 bits per heavy atom. The fourth-order valence-electron chi connectivity index (χ4n) is 3.02. The molecule has 2 heterocycles. The number of benzene rings is 1. The molecule has 0 unspecified atom stereocenters. The molecule has 5 nitrogen and oxygen atoms in total. The van der Waals surface area contributed by atoms with Crippen molar-refractivity contribution in [3.8, 4) is 5.69 Å². The lowest BCUT2D eigenvalue weighted by molar-refractivity contribution is -0.143. The molecule has 144 valence electrons. The van der Waals surface area contributed by atoms with E-state index in [2.05, 4.69) is 22.4 Å². The van der Waals surface area contributed by atoms with E-state index in [1.165, 1.54) is 6.20 Å². The Balaban J connectivity index is 1.83. The molecular weight excluding hydrogens is 355 g/mol. The molecule has 8 heteroatoms. The Morgan fingerprint density at radius 1 is 1.11 bits per heavy atom. The van der Waals surface area contributed by atoms with Crippen LogP contribution in [0.25, 0.3) is 5.69 Å². The summed E-state index contributed by atoms with van der Waals surface area (Å²) in [5.74, 6) is 0. The van der Waals surface area contributed by atoms with Crippen molar-refractivity contribution < 1.29 is 13.2 Å². The van der Waals surface area contributed by atoms with E-state index in [9.17, 15) is 13.2 Å². The van der Waals surface area contributed by atoms with Gasteiger partial charge in [-0.2, -0.15) is 23.4 Å². The Bertz CT molecular complexity index is 895. The lowest BCUT2D eigenvalue weighted by Gasteiger charge is -2.13. The quantitative estimate of drug-likeness (QED) is 0.659. The summed E-state index contributed by atoms with van der Waals surface area (Å²) in [6.45, 7) is 3.25. The van der Waals surface area contributed by atoms with Crippen molar-refractivity contribution in [2.45, 2.75) is 46.0 Å². The van der Waals surface area contributed by atoms with Crippen molar-refractivity contribution >= 4 is 5.69 Å². The van der Waals surface area contributed by atoms with Gasteiger partial charge in [0.2, 0.25) is 0 Å². The molecule has 2 aromatic heterocycles. The van der Waals surface area contributed by atoms with E-state index < -0.39 is 12.7 Å². The average Bonchev–Trinajstić information content (AvgIpc) is 3.19.